The number of likely N-dealkylation sites (N-methyl/N-ethyl adjacent to an activating group) is 1. The first-order valence-corrected chi connectivity index (χ1v) is 8.52. The Morgan fingerprint density at radius 2 is 1.82 bits per heavy atom. The highest BCUT2D eigenvalue weighted by molar-refractivity contribution is 5.32. The van der Waals surface area contributed by atoms with Gasteiger partial charge in [-0.3, -0.25) is 4.90 Å². The van der Waals surface area contributed by atoms with E-state index in [2.05, 4.69) is 38.8 Å². The second-order valence-corrected chi connectivity index (χ2v) is 7.20. The molecule has 5 nitrogen and oxygen atoms in total. The molecule has 0 amide bonds. The quantitative estimate of drug-likeness (QED) is 0.847. The van der Waals surface area contributed by atoms with E-state index in [1.165, 1.54) is 38.8 Å². The number of hydrogen-bond acceptors (Lipinski definition) is 5. The molecule has 0 N–H and O–H groups in total. The van der Waals surface area contributed by atoms with Gasteiger partial charge in [0.05, 0.1) is 0 Å². The van der Waals surface area contributed by atoms with E-state index in [4.69, 9.17) is 0 Å². The molecule has 0 saturated carbocycles. The number of aryl methyl sites for hydroxylation is 1. The second-order valence-electron chi connectivity index (χ2n) is 7.20. The average Bonchev–Trinajstić information content (AvgIpc) is 2.88. The molecule has 0 aliphatic carbocycles. The molecule has 0 aromatic carbocycles. The largest absolute Gasteiger partial charge is 0.339 e. The van der Waals surface area contributed by atoms with Crippen molar-refractivity contribution in [3.05, 3.63) is 18.0 Å². The molecule has 1 atom stereocenters. The molecule has 1 aromatic rings. The lowest BCUT2D eigenvalue weighted by molar-refractivity contribution is 0.107. The smallest absolute Gasteiger partial charge is 0.225 e. The van der Waals surface area contributed by atoms with Gasteiger partial charge < -0.3 is 9.80 Å². The van der Waals surface area contributed by atoms with Crippen molar-refractivity contribution in [3.8, 4) is 0 Å². The predicted octanol–water partition coefficient (Wildman–Crippen LogP) is 1.78. The minimum absolute atomic E-state index is 0.350. The van der Waals surface area contributed by atoms with Crippen LogP contribution in [0.3, 0.4) is 0 Å². The molecule has 2 aliphatic heterocycles. The molecule has 0 radical (unpaired) electrons. The zero-order valence-electron chi connectivity index (χ0n) is 14.3. The molecule has 1 aromatic heterocycles. The van der Waals surface area contributed by atoms with E-state index in [0.29, 0.717) is 5.54 Å². The number of nitrogens with zero attached hydrogens (tertiary/aromatic N) is 5. The first kappa shape index (κ1) is 15.7. The van der Waals surface area contributed by atoms with Crippen molar-refractivity contribution in [1.82, 2.24) is 19.8 Å². The van der Waals surface area contributed by atoms with Crippen LogP contribution in [-0.4, -0.2) is 72.1 Å². The fourth-order valence-electron chi connectivity index (χ4n) is 3.96. The van der Waals surface area contributed by atoms with Gasteiger partial charge >= 0.3 is 0 Å². The van der Waals surface area contributed by atoms with Gasteiger partial charge in [0.1, 0.15) is 0 Å². The molecular weight excluding hydrogens is 274 g/mol. The van der Waals surface area contributed by atoms with Crippen molar-refractivity contribution in [2.75, 3.05) is 51.7 Å². The van der Waals surface area contributed by atoms with Gasteiger partial charge in [-0.15, -0.1) is 0 Å². The van der Waals surface area contributed by atoms with Crippen molar-refractivity contribution in [2.24, 2.45) is 0 Å². The van der Waals surface area contributed by atoms with Crippen LogP contribution in [0.4, 0.5) is 5.95 Å². The third-order valence-electron chi connectivity index (χ3n) is 5.16. The van der Waals surface area contributed by atoms with Crippen molar-refractivity contribution in [2.45, 2.75) is 38.1 Å². The number of hydrogen-bond donors (Lipinski definition) is 0. The summed E-state index contributed by atoms with van der Waals surface area (Å²) in [5, 5.41) is 0. The minimum Gasteiger partial charge on any atom is -0.339 e. The molecule has 0 unspecified atom stereocenters. The number of aromatic nitrogens is 2. The van der Waals surface area contributed by atoms with Crippen LogP contribution in [0.1, 0.15) is 31.2 Å². The molecule has 2 aliphatic rings. The number of piperidine rings is 1. The van der Waals surface area contributed by atoms with Crippen LogP contribution in [0.2, 0.25) is 0 Å². The summed E-state index contributed by atoms with van der Waals surface area (Å²) in [6.45, 7) is 7.78. The molecule has 2 saturated heterocycles. The molecule has 5 heteroatoms. The van der Waals surface area contributed by atoms with Gasteiger partial charge in [-0.25, -0.2) is 9.97 Å². The lowest BCUT2D eigenvalue weighted by atomic mass is 9.86. The van der Waals surface area contributed by atoms with Crippen molar-refractivity contribution in [1.29, 1.82) is 0 Å². The lowest BCUT2D eigenvalue weighted by Gasteiger charge is -2.46. The third-order valence-corrected chi connectivity index (χ3v) is 5.16. The van der Waals surface area contributed by atoms with Crippen molar-refractivity contribution >= 4 is 5.95 Å². The summed E-state index contributed by atoms with van der Waals surface area (Å²) in [7, 11) is 4.33. The standard InChI is InChI=1S/C17H29N5/c1-15-12-18-16(19-13-15)21-8-4-6-17(14-21)7-5-9-22(17)11-10-20(2)3/h12-13H,4-11,14H2,1-3H3/t17-/m0/s1. The Kier molecular flexibility index (Phi) is 4.64. The summed E-state index contributed by atoms with van der Waals surface area (Å²) in [5.74, 6) is 0.907. The summed E-state index contributed by atoms with van der Waals surface area (Å²) in [6, 6.07) is 0. The molecule has 2 fully saturated rings. The Morgan fingerprint density at radius 3 is 2.50 bits per heavy atom. The molecule has 3 heterocycles. The van der Waals surface area contributed by atoms with Gasteiger partial charge in [-0.05, 0) is 58.8 Å². The van der Waals surface area contributed by atoms with Gasteiger partial charge in [0, 0.05) is 44.1 Å². The summed E-state index contributed by atoms with van der Waals surface area (Å²) < 4.78 is 0. The van der Waals surface area contributed by atoms with E-state index in [0.717, 1.165) is 31.1 Å². The highest BCUT2D eigenvalue weighted by Crippen LogP contribution is 2.37. The van der Waals surface area contributed by atoms with Gasteiger partial charge in [0.15, 0.2) is 0 Å². The maximum atomic E-state index is 4.54. The van der Waals surface area contributed by atoms with Crippen LogP contribution in [-0.2, 0) is 0 Å². The van der Waals surface area contributed by atoms with E-state index < -0.39 is 0 Å². The zero-order chi connectivity index (χ0) is 15.6. The number of rotatable bonds is 4. The first-order chi connectivity index (χ1) is 10.6. The predicted molar refractivity (Wildman–Crippen MR) is 90.3 cm³/mol. The third kappa shape index (κ3) is 3.25. The fourth-order valence-corrected chi connectivity index (χ4v) is 3.96. The number of likely N-dealkylation sites (tertiary alicyclic amines) is 1. The maximum Gasteiger partial charge on any atom is 0.225 e. The fraction of sp³-hybridized carbons (Fsp3) is 0.765. The van der Waals surface area contributed by atoms with E-state index in [9.17, 15) is 0 Å². The van der Waals surface area contributed by atoms with E-state index in [1.807, 2.05) is 19.3 Å². The van der Waals surface area contributed by atoms with Crippen LogP contribution in [0, 0.1) is 6.92 Å². The van der Waals surface area contributed by atoms with Crippen LogP contribution < -0.4 is 4.90 Å². The molecule has 122 valence electrons. The Balaban J connectivity index is 1.72. The summed E-state index contributed by atoms with van der Waals surface area (Å²) in [4.78, 5) is 16.5. The first-order valence-electron chi connectivity index (χ1n) is 8.52. The van der Waals surface area contributed by atoms with Gasteiger partial charge in [0.2, 0.25) is 5.95 Å². The molecule has 1 spiro atoms. The lowest BCUT2D eigenvalue weighted by Crippen LogP contribution is -2.57. The Bertz CT molecular complexity index is 486. The highest BCUT2D eigenvalue weighted by atomic mass is 15.3. The summed E-state index contributed by atoms with van der Waals surface area (Å²) in [6.07, 6.45) is 9.08. The monoisotopic (exact) mass is 303 g/mol. The Labute approximate surface area is 134 Å². The van der Waals surface area contributed by atoms with Crippen LogP contribution >= 0.6 is 0 Å². The maximum absolute atomic E-state index is 4.54. The normalized spacial score (nSPS) is 26.3. The average molecular weight is 303 g/mol. The van der Waals surface area contributed by atoms with Gasteiger partial charge in [-0.2, -0.15) is 0 Å². The SMILES string of the molecule is Cc1cnc(N2CCC[C@]3(CCCN3CCN(C)C)C2)nc1. The highest BCUT2D eigenvalue weighted by Gasteiger charge is 2.44. The molecule has 3 rings (SSSR count). The van der Waals surface area contributed by atoms with Gasteiger partial charge in [-0.1, -0.05) is 0 Å². The second kappa shape index (κ2) is 6.50. The topological polar surface area (TPSA) is 35.5 Å². The van der Waals surface area contributed by atoms with Crippen molar-refractivity contribution in [3.63, 3.8) is 0 Å². The zero-order valence-corrected chi connectivity index (χ0v) is 14.3. The Hall–Kier alpha value is -1.20. The van der Waals surface area contributed by atoms with Crippen LogP contribution in [0.5, 0.6) is 0 Å². The molecule has 22 heavy (non-hydrogen) atoms. The van der Waals surface area contributed by atoms with Gasteiger partial charge in [0.25, 0.3) is 0 Å². The summed E-state index contributed by atoms with van der Waals surface area (Å²) in [5.41, 5.74) is 1.48. The van der Waals surface area contributed by atoms with E-state index in [-0.39, 0.29) is 0 Å². The Morgan fingerprint density at radius 1 is 1.14 bits per heavy atom. The summed E-state index contributed by atoms with van der Waals surface area (Å²) >= 11 is 0. The molecule has 0 bridgehead atoms. The van der Waals surface area contributed by atoms with E-state index in [1.54, 1.807) is 0 Å². The number of anilines is 1. The van der Waals surface area contributed by atoms with Crippen LogP contribution in [0.15, 0.2) is 12.4 Å². The van der Waals surface area contributed by atoms with Crippen molar-refractivity contribution < 1.29 is 0 Å². The van der Waals surface area contributed by atoms with E-state index >= 15 is 0 Å². The van der Waals surface area contributed by atoms with Crippen LogP contribution in [0.25, 0.3) is 0 Å². The molecular formula is C17H29N5. The minimum atomic E-state index is 0.350.